The highest BCUT2D eigenvalue weighted by Gasteiger charge is 2.29. The zero-order chi connectivity index (χ0) is 20.2. The van der Waals surface area contributed by atoms with Crippen molar-refractivity contribution in [3.8, 4) is 0 Å². The number of carbonyl (C=O) groups is 2. The maximum absolute atomic E-state index is 12.6. The Balaban J connectivity index is 1.33. The first kappa shape index (κ1) is 19.8. The number of fused-ring (bicyclic) bond motifs is 1. The Hall–Kier alpha value is -2.48. The summed E-state index contributed by atoms with van der Waals surface area (Å²) in [5.74, 6) is 0.356. The molecule has 154 valence electrons. The number of pyridine rings is 1. The largest absolute Gasteiger partial charge is 0.352 e. The van der Waals surface area contributed by atoms with Crippen LogP contribution in [-0.2, 0) is 29.0 Å². The van der Waals surface area contributed by atoms with E-state index >= 15 is 0 Å². The number of carbonyl (C=O) groups excluding carboxylic acids is 2. The minimum absolute atomic E-state index is 0.0108. The number of nitrogens with one attached hydrogen (secondary N) is 1. The molecule has 1 N–H and O–H groups in total. The van der Waals surface area contributed by atoms with Crippen molar-refractivity contribution in [2.75, 3.05) is 31.1 Å². The second-order valence-electron chi connectivity index (χ2n) is 7.60. The van der Waals surface area contributed by atoms with E-state index in [1.165, 1.54) is 4.88 Å². The topological polar surface area (TPSA) is 78.4 Å². The number of nitrogens with zero attached hydrogens (tertiary/aromatic N) is 4. The fourth-order valence-corrected chi connectivity index (χ4v) is 5.16. The van der Waals surface area contributed by atoms with Gasteiger partial charge in [0.15, 0.2) is 5.13 Å². The molecule has 29 heavy (non-hydrogen) atoms. The molecule has 2 aromatic rings. The normalized spacial score (nSPS) is 19.0. The lowest BCUT2D eigenvalue weighted by Crippen LogP contribution is -2.48. The second-order valence-corrected chi connectivity index (χ2v) is 8.66. The molecule has 1 atom stereocenters. The number of anilines is 1. The molecule has 1 fully saturated rings. The van der Waals surface area contributed by atoms with E-state index in [2.05, 4.69) is 15.2 Å². The molecule has 0 spiro atoms. The van der Waals surface area contributed by atoms with Crippen molar-refractivity contribution in [2.24, 2.45) is 5.92 Å². The van der Waals surface area contributed by atoms with Gasteiger partial charge in [0.1, 0.15) is 0 Å². The number of rotatable bonds is 5. The zero-order valence-corrected chi connectivity index (χ0v) is 17.6. The van der Waals surface area contributed by atoms with Crippen LogP contribution in [-0.4, -0.2) is 52.9 Å². The first-order chi connectivity index (χ1) is 14.1. The Morgan fingerprint density at radius 1 is 1.21 bits per heavy atom. The maximum atomic E-state index is 12.6. The minimum atomic E-state index is 0.0108. The highest BCUT2D eigenvalue weighted by molar-refractivity contribution is 7.15. The highest BCUT2D eigenvalue weighted by atomic mass is 32.1. The lowest BCUT2D eigenvalue weighted by atomic mass is 9.90. The molecular formula is C21H27N5O2S. The van der Waals surface area contributed by atoms with Gasteiger partial charge in [-0.15, -0.1) is 11.3 Å². The first-order valence-corrected chi connectivity index (χ1v) is 11.1. The Labute approximate surface area is 175 Å². The molecule has 0 bridgehead atoms. The molecule has 0 radical (unpaired) electrons. The number of aromatic nitrogens is 2. The van der Waals surface area contributed by atoms with Crippen molar-refractivity contribution >= 4 is 28.3 Å². The van der Waals surface area contributed by atoms with Crippen LogP contribution in [0.3, 0.4) is 0 Å². The van der Waals surface area contributed by atoms with E-state index < -0.39 is 0 Å². The predicted octanol–water partition coefficient (Wildman–Crippen LogP) is 2.02. The van der Waals surface area contributed by atoms with Crippen LogP contribution in [0.25, 0.3) is 0 Å². The van der Waals surface area contributed by atoms with Crippen LogP contribution in [0.4, 0.5) is 5.13 Å². The second kappa shape index (κ2) is 8.90. The smallest absolute Gasteiger partial charge is 0.223 e. The summed E-state index contributed by atoms with van der Waals surface area (Å²) in [4.78, 5) is 38.8. The Kier molecular flexibility index (Phi) is 6.08. The number of aryl methyl sites for hydroxylation is 1. The summed E-state index contributed by atoms with van der Waals surface area (Å²) < 4.78 is 0. The maximum Gasteiger partial charge on any atom is 0.223 e. The van der Waals surface area contributed by atoms with Crippen LogP contribution in [0.15, 0.2) is 24.5 Å². The van der Waals surface area contributed by atoms with E-state index in [0.29, 0.717) is 13.0 Å². The van der Waals surface area contributed by atoms with Crippen molar-refractivity contribution in [3.63, 3.8) is 0 Å². The molecule has 0 aromatic carbocycles. The molecule has 1 aliphatic heterocycles. The molecular weight excluding hydrogens is 386 g/mol. The molecule has 1 unspecified atom stereocenters. The number of hydrogen-bond acceptors (Lipinski definition) is 6. The summed E-state index contributed by atoms with van der Waals surface area (Å²) in [7, 11) is 0. The van der Waals surface area contributed by atoms with Gasteiger partial charge in [-0.1, -0.05) is 6.92 Å². The van der Waals surface area contributed by atoms with Crippen molar-refractivity contribution in [1.29, 1.82) is 0 Å². The van der Waals surface area contributed by atoms with Crippen LogP contribution in [0.1, 0.15) is 35.9 Å². The summed E-state index contributed by atoms with van der Waals surface area (Å²) in [6.07, 6.45) is 6.51. The number of piperazine rings is 1. The Morgan fingerprint density at radius 2 is 1.97 bits per heavy atom. The standard InChI is InChI=1S/C21H27N5O2S/c1-2-19(27)25-9-11-26(12-10-25)21-24-17-4-3-16(13-18(17)29-21)20(28)23-14-15-5-7-22-8-6-15/h5-8,16H,2-4,9-14H2,1H3,(H,23,28). The predicted molar refractivity (Wildman–Crippen MR) is 113 cm³/mol. The van der Waals surface area contributed by atoms with E-state index in [1.807, 2.05) is 24.0 Å². The van der Waals surface area contributed by atoms with Gasteiger partial charge < -0.3 is 15.1 Å². The molecule has 3 heterocycles. The van der Waals surface area contributed by atoms with Crippen LogP contribution in [0.5, 0.6) is 0 Å². The van der Waals surface area contributed by atoms with E-state index in [-0.39, 0.29) is 17.7 Å². The number of amides is 2. The molecule has 7 nitrogen and oxygen atoms in total. The lowest BCUT2D eigenvalue weighted by Gasteiger charge is -2.34. The van der Waals surface area contributed by atoms with Gasteiger partial charge in [-0.2, -0.15) is 0 Å². The van der Waals surface area contributed by atoms with E-state index in [1.54, 1.807) is 23.7 Å². The van der Waals surface area contributed by atoms with Crippen molar-refractivity contribution in [1.82, 2.24) is 20.2 Å². The molecule has 2 aliphatic rings. The summed E-state index contributed by atoms with van der Waals surface area (Å²) in [6.45, 7) is 5.63. The van der Waals surface area contributed by atoms with Crippen LogP contribution in [0.2, 0.25) is 0 Å². The van der Waals surface area contributed by atoms with Gasteiger partial charge in [0.2, 0.25) is 11.8 Å². The van der Waals surface area contributed by atoms with E-state index in [0.717, 1.165) is 61.8 Å². The number of hydrogen-bond donors (Lipinski definition) is 1. The average Bonchev–Trinajstić information content (AvgIpc) is 3.21. The first-order valence-electron chi connectivity index (χ1n) is 10.3. The third-order valence-electron chi connectivity index (χ3n) is 5.72. The molecule has 0 saturated carbocycles. The van der Waals surface area contributed by atoms with Gasteiger partial charge >= 0.3 is 0 Å². The summed E-state index contributed by atoms with van der Waals surface area (Å²) in [5, 5.41) is 4.10. The Morgan fingerprint density at radius 3 is 2.69 bits per heavy atom. The Bertz CT molecular complexity index is 861. The fourth-order valence-electron chi connectivity index (χ4n) is 3.93. The molecule has 2 amide bonds. The van der Waals surface area contributed by atoms with Crippen LogP contribution >= 0.6 is 11.3 Å². The summed E-state index contributed by atoms with van der Waals surface area (Å²) in [5.41, 5.74) is 2.21. The lowest BCUT2D eigenvalue weighted by molar-refractivity contribution is -0.131. The molecule has 2 aromatic heterocycles. The van der Waals surface area contributed by atoms with Gasteiger partial charge in [0.05, 0.1) is 5.69 Å². The van der Waals surface area contributed by atoms with Crippen molar-refractivity contribution < 1.29 is 9.59 Å². The molecule has 8 heteroatoms. The molecule has 4 rings (SSSR count). The summed E-state index contributed by atoms with van der Waals surface area (Å²) >= 11 is 1.72. The zero-order valence-electron chi connectivity index (χ0n) is 16.8. The van der Waals surface area contributed by atoms with Gasteiger partial charge in [-0.25, -0.2) is 4.98 Å². The van der Waals surface area contributed by atoms with Crippen LogP contribution < -0.4 is 10.2 Å². The van der Waals surface area contributed by atoms with E-state index in [4.69, 9.17) is 4.98 Å². The van der Waals surface area contributed by atoms with Gasteiger partial charge in [-0.05, 0) is 37.0 Å². The summed E-state index contributed by atoms with van der Waals surface area (Å²) in [6, 6.07) is 3.84. The average molecular weight is 414 g/mol. The SMILES string of the molecule is CCC(=O)N1CCN(c2nc3c(s2)CC(C(=O)NCc2ccncc2)CC3)CC1. The third-order valence-corrected chi connectivity index (χ3v) is 6.90. The minimum Gasteiger partial charge on any atom is -0.352 e. The van der Waals surface area contributed by atoms with Crippen molar-refractivity contribution in [3.05, 3.63) is 40.7 Å². The third kappa shape index (κ3) is 4.58. The molecule has 1 aliphatic carbocycles. The van der Waals surface area contributed by atoms with Crippen molar-refractivity contribution in [2.45, 2.75) is 39.2 Å². The van der Waals surface area contributed by atoms with Gasteiger partial charge in [0, 0.05) is 62.3 Å². The molecule has 1 saturated heterocycles. The highest BCUT2D eigenvalue weighted by Crippen LogP contribution is 2.34. The van der Waals surface area contributed by atoms with Gasteiger partial charge in [-0.3, -0.25) is 14.6 Å². The quantitative estimate of drug-likeness (QED) is 0.811. The van der Waals surface area contributed by atoms with E-state index in [9.17, 15) is 9.59 Å². The van der Waals surface area contributed by atoms with Crippen LogP contribution in [0, 0.1) is 5.92 Å². The monoisotopic (exact) mass is 413 g/mol. The fraction of sp³-hybridized carbons (Fsp3) is 0.524. The number of thiazole rings is 1. The van der Waals surface area contributed by atoms with Gasteiger partial charge in [0.25, 0.3) is 0 Å².